The van der Waals surface area contributed by atoms with Gasteiger partial charge in [0.2, 0.25) is 0 Å². The van der Waals surface area contributed by atoms with Crippen molar-refractivity contribution in [3.8, 4) is 0 Å². The fraction of sp³-hybridized carbons (Fsp3) is 0.300. The highest BCUT2D eigenvalue weighted by molar-refractivity contribution is 6.33. The molecule has 0 aromatic heterocycles. The molecule has 0 radical (unpaired) electrons. The Bertz CT molecular complexity index is 830. The Labute approximate surface area is 157 Å². The van der Waals surface area contributed by atoms with E-state index in [1.54, 1.807) is 17.0 Å². The van der Waals surface area contributed by atoms with Crippen molar-refractivity contribution in [1.29, 1.82) is 0 Å². The van der Waals surface area contributed by atoms with E-state index in [1.807, 2.05) is 42.5 Å². The number of para-hydroxylation sites is 1. The molecule has 1 N–H and O–H groups in total. The van der Waals surface area contributed by atoms with Crippen molar-refractivity contribution in [3.05, 3.63) is 65.2 Å². The molecule has 2 aliphatic heterocycles. The van der Waals surface area contributed by atoms with E-state index in [2.05, 4.69) is 10.5 Å². The van der Waals surface area contributed by atoms with Gasteiger partial charge in [-0.25, -0.2) is 4.79 Å². The molecule has 4 rings (SSSR count). The molecule has 0 atom stereocenters. The standard InChI is InChI=1S/C20H20ClN3O2/c21-16-8-4-5-9-17(16)22-19(25)24-12-10-20(11-13-24)14-18(23-26-20)15-6-2-1-3-7-15/h1-9H,10-14H2,(H,22,25). The number of carbonyl (C=O) groups excluding carboxylic acids is 1. The van der Waals surface area contributed by atoms with Crippen LogP contribution in [0.25, 0.3) is 0 Å². The average molecular weight is 370 g/mol. The number of amides is 2. The smallest absolute Gasteiger partial charge is 0.321 e. The highest BCUT2D eigenvalue weighted by Crippen LogP contribution is 2.36. The lowest BCUT2D eigenvalue weighted by atomic mass is 9.85. The molecule has 5 nitrogen and oxygen atoms in total. The van der Waals surface area contributed by atoms with E-state index in [-0.39, 0.29) is 11.6 Å². The maximum Gasteiger partial charge on any atom is 0.321 e. The lowest BCUT2D eigenvalue weighted by Crippen LogP contribution is -2.48. The Hall–Kier alpha value is -2.53. The first-order chi connectivity index (χ1) is 12.7. The highest BCUT2D eigenvalue weighted by atomic mass is 35.5. The number of nitrogens with one attached hydrogen (secondary N) is 1. The average Bonchev–Trinajstić information content (AvgIpc) is 3.08. The van der Waals surface area contributed by atoms with Crippen molar-refractivity contribution in [2.45, 2.75) is 24.9 Å². The molecule has 2 aromatic carbocycles. The molecule has 2 heterocycles. The first kappa shape index (κ1) is 16.9. The summed E-state index contributed by atoms with van der Waals surface area (Å²) in [5.74, 6) is 0. The molecule has 2 amide bonds. The van der Waals surface area contributed by atoms with Crippen molar-refractivity contribution in [3.63, 3.8) is 0 Å². The number of anilines is 1. The molecule has 2 aromatic rings. The number of nitrogens with zero attached hydrogens (tertiary/aromatic N) is 2. The topological polar surface area (TPSA) is 53.9 Å². The second-order valence-electron chi connectivity index (χ2n) is 6.75. The zero-order valence-electron chi connectivity index (χ0n) is 14.3. The zero-order valence-corrected chi connectivity index (χ0v) is 15.1. The SMILES string of the molecule is O=C(Nc1ccccc1Cl)N1CCC2(CC1)CC(c1ccccc1)=NO2. The van der Waals surface area contributed by atoms with Gasteiger partial charge >= 0.3 is 6.03 Å². The van der Waals surface area contributed by atoms with Crippen LogP contribution in [-0.2, 0) is 4.84 Å². The van der Waals surface area contributed by atoms with Gasteiger partial charge in [-0.1, -0.05) is 59.2 Å². The van der Waals surface area contributed by atoms with E-state index in [9.17, 15) is 4.79 Å². The van der Waals surface area contributed by atoms with E-state index in [1.165, 1.54) is 0 Å². The lowest BCUT2D eigenvalue weighted by Gasteiger charge is -2.37. The van der Waals surface area contributed by atoms with Gasteiger partial charge in [0.15, 0.2) is 0 Å². The van der Waals surface area contributed by atoms with Crippen molar-refractivity contribution in [1.82, 2.24) is 4.90 Å². The van der Waals surface area contributed by atoms with Crippen molar-refractivity contribution < 1.29 is 9.63 Å². The number of piperidine rings is 1. The number of halogens is 1. The summed E-state index contributed by atoms with van der Waals surface area (Å²) in [7, 11) is 0. The summed E-state index contributed by atoms with van der Waals surface area (Å²) in [6, 6.07) is 17.2. The molecule has 6 heteroatoms. The number of hydrogen-bond donors (Lipinski definition) is 1. The van der Waals surface area contributed by atoms with Crippen molar-refractivity contribution >= 4 is 29.0 Å². The molecule has 1 spiro atoms. The highest BCUT2D eigenvalue weighted by Gasteiger charge is 2.43. The summed E-state index contributed by atoms with van der Waals surface area (Å²) < 4.78 is 0. The summed E-state index contributed by atoms with van der Waals surface area (Å²) in [6.45, 7) is 1.27. The number of rotatable bonds is 2. The summed E-state index contributed by atoms with van der Waals surface area (Å²) in [5, 5.41) is 7.73. The number of hydrogen-bond acceptors (Lipinski definition) is 3. The molecule has 0 aliphatic carbocycles. The molecule has 0 saturated carbocycles. The Morgan fingerprint density at radius 3 is 2.50 bits per heavy atom. The van der Waals surface area contributed by atoms with Gasteiger partial charge in [-0.05, 0) is 17.7 Å². The van der Waals surface area contributed by atoms with Crippen molar-refractivity contribution in [2.75, 3.05) is 18.4 Å². The van der Waals surface area contributed by atoms with Gasteiger partial charge in [0.1, 0.15) is 5.60 Å². The summed E-state index contributed by atoms with van der Waals surface area (Å²) in [4.78, 5) is 20.1. The predicted octanol–water partition coefficient (Wildman–Crippen LogP) is 4.53. The summed E-state index contributed by atoms with van der Waals surface area (Å²) in [5.41, 5.74) is 2.43. The van der Waals surface area contributed by atoms with Gasteiger partial charge in [-0.2, -0.15) is 0 Å². The van der Waals surface area contributed by atoms with Gasteiger partial charge in [-0.15, -0.1) is 0 Å². The second kappa shape index (κ2) is 7.00. The molecule has 0 unspecified atom stereocenters. The maximum absolute atomic E-state index is 12.5. The molecule has 0 bridgehead atoms. The zero-order chi connectivity index (χ0) is 18.0. The van der Waals surface area contributed by atoms with Crippen LogP contribution in [0.3, 0.4) is 0 Å². The van der Waals surface area contributed by atoms with Crippen LogP contribution in [0.2, 0.25) is 5.02 Å². The molecule has 1 saturated heterocycles. The molecule has 134 valence electrons. The van der Waals surface area contributed by atoms with E-state index < -0.39 is 0 Å². The third-order valence-corrected chi connectivity index (χ3v) is 5.35. The molecular weight excluding hydrogens is 350 g/mol. The van der Waals surface area contributed by atoms with E-state index in [4.69, 9.17) is 16.4 Å². The first-order valence-corrected chi connectivity index (χ1v) is 9.14. The number of likely N-dealkylation sites (tertiary alicyclic amines) is 1. The molecule has 26 heavy (non-hydrogen) atoms. The van der Waals surface area contributed by atoms with Crippen molar-refractivity contribution in [2.24, 2.45) is 5.16 Å². The van der Waals surface area contributed by atoms with Gasteiger partial charge in [-0.3, -0.25) is 0 Å². The van der Waals surface area contributed by atoms with Crippen LogP contribution in [0.1, 0.15) is 24.8 Å². The van der Waals surface area contributed by atoms with Crippen LogP contribution in [0.5, 0.6) is 0 Å². The Morgan fingerprint density at radius 1 is 1.08 bits per heavy atom. The van der Waals surface area contributed by atoms with Gasteiger partial charge in [0.05, 0.1) is 16.4 Å². The summed E-state index contributed by atoms with van der Waals surface area (Å²) in [6.07, 6.45) is 2.32. The van der Waals surface area contributed by atoms with Gasteiger partial charge < -0.3 is 15.1 Å². The monoisotopic (exact) mass is 369 g/mol. The van der Waals surface area contributed by atoms with Crippen LogP contribution >= 0.6 is 11.6 Å². The fourth-order valence-corrected chi connectivity index (χ4v) is 3.63. The van der Waals surface area contributed by atoms with E-state index in [0.29, 0.717) is 23.8 Å². The number of carbonyl (C=O) groups is 1. The largest absolute Gasteiger partial charge is 0.388 e. The van der Waals surface area contributed by atoms with Gasteiger partial charge in [0.25, 0.3) is 0 Å². The third kappa shape index (κ3) is 3.40. The van der Waals surface area contributed by atoms with Crippen LogP contribution in [0.4, 0.5) is 10.5 Å². The lowest BCUT2D eigenvalue weighted by molar-refractivity contribution is -0.0544. The molecule has 2 aliphatic rings. The minimum Gasteiger partial charge on any atom is -0.388 e. The van der Waals surface area contributed by atoms with Crippen LogP contribution in [-0.4, -0.2) is 35.3 Å². The minimum absolute atomic E-state index is 0.129. The number of urea groups is 1. The van der Waals surface area contributed by atoms with Gasteiger partial charge in [0, 0.05) is 32.4 Å². The minimum atomic E-state index is -0.285. The Kier molecular flexibility index (Phi) is 4.55. The predicted molar refractivity (Wildman–Crippen MR) is 103 cm³/mol. The Morgan fingerprint density at radius 2 is 1.77 bits per heavy atom. The quantitative estimate of drug-likeness (QED) is 0.845. The maximum atomic E-state index is 12.5. The van der Waals surface area contributed by atoms with Crippen LogP contribution < -0.4 is 5.32 Å². The van der Waals surface area contributed by atoms with Crippen LogP contribution in [0.15, 0.2) is 59.8 Å². The second-order valence-corrected chi connectivity index (χ2v) is 7.16. The Balaban J connectivity index is 1.35. The normalized spacial score (nSPS) is 18.3. The van der Waals surface area contributed by atoms with E-state index >= 15 is 0 Å². The molecular formula is C20H20ClN3O2. The third-order valence-electron chi connectivity index (χ3n) is 5.02. The molecule has 1 fully saturated rings. The first-order valence-electron chi connectivity index (χ1n) is 8.76. The van der Waals surface area contributed by atoms with E-state index in [0.717, 1.165) is 30.5 Å². The fourth-order valence-electron chi connectivity index (χ4n) is 3.45. The van der Waals surface area contributed by atoms with Crippen LogP contribution in [0, 0.1) is 0 Å². The number of oxime groups is 1. The summed E-state index contributed by atoms with van der Waals surface area (Å²) >= 11 is 6.11. The number of benzene rings is 2.